The van der Waals surface area contributed by atoms with Crippen molar-refractivity contribution in [1.29, 1.82) is 0 Å². The first-order valence-corrected chi connectivity index (χ1v) is 6.59. The van der Waals surface area contributed by atoms with Crippen LogP contribution in [0.5, 0.6) is 5.75 Å². The summed E-state index contributed by atoms with van der Waals surface area (Å²) in [6.45, 7) is 1.96. The van der Waals surface area contributed by atoms with Crippen LogP contribution in [-0.4, -0.2) is 23.7 Å². The molecule has 0 amide bonds. The Morgan fingerprint density at radius 1 is 1.43 bits per heavy atom. The number of nitrogens with two attached hydrogens (primary N) is 1. The molecule has 1 rings (SSSR count). The average Bonchev–Trinajstić information content (AvgIpc) is 2.38. The molecule has 0 saturated heterocycles. The molecule has 1 atom stereocenters. The summed E-state index contributed by atoms with van der Waals surface area (Å²) in [4.78, 5) is 11.0. The van der Waals surface area contributed by atoms with Gasteiger partial charge in [-0.05, 0) is 37.1 Å². The van der Waals surface area contributed by atoms with Crippen molar-refractivity contribution in [3.63, 3.8) is 0 Å². The average molecular weight is 305 g/mol. The summed E-state index contributed by atoms with van der Waals surface area (Å²) in [6, 6.07) is 3.56. The van der Waals surface area contributed by atoms with E-state index in [1.54, 1.807) is 6.92 Å². The van der Waals surface area contributed by atoms with E-state index in [2.05, 4.69) is 0 Å². The normalized spacial score (nSPS) is 13.0. The van der Waals surface area contributed by atoms with Crippen molar-refractivity contribution >= 4 is 5.97 Å². The molecule has 0 aromatic heterocycles. The van der Waals surface area contributed by atoms with E-state index in [1.807, 2.05) is 0 Å². The maximum atomic E-state index is 13.0. The van der Waals surface area contributed by atoms with Crippen LogP contribution in [0.4, 0.5) is 13.2 Å². The van der Waals surface area contributed by atoms with Crippen molar-refractivity contribution in [1.82, 2.24) is 0 Å². The topological polar surface area (TPSA) is 72.5 Å². The lowest BCUT2D eigenvalue weighted by Crippen LogP contribution is -2.27. The van der Waals surface area contributed by atoms with Crippen LogP contribution in [0.15, 0.2) is 18.2 Å². The highest BCUT2D eigenvalue weighted by Gasteiger charge is 2.35. The molecular weight excluding hydrogens is 287 g/mol. The molecule has 1 unspecified atom stereocenters. The van der Waals surface area contributed by atoms with Gasteiger partial charge in [0.2, 0.25) is 0 Å². The van der Waals surface area contributed by atoms with Crippen molar-refractivity contribution < 1.29 is 27.8 Å². The Bertz CT molecular complexity index is 489. The van der Waals surface area contributed by atoms with E-state index in [0.717, 1.165) is 12.1 Å². The second kappa shape index (κ2) is 7.31. The molecule has 4 nitrogen and oxygen atoms in total. The number of carboxylic acid groups (broad SMARTS) is 1. The highest BCUT2D eigenvalue weighted by molar-refractivity contribution is 5.72. The van der Waals surface area contributed by atoms with Gasteiger partial charge in [0.05, 0.1) is 5.56 Å². The van der Waals surface area contributed by atoms with Crippen LogP contribution >= 0.6 is 0 Å². The first-order valence-electron chi connectivity index (χ1n) is 6.59. The van der Waals surface area contributed by atoms with Gasteiger partial charge in [0, 0.05) is 0 Å². The SMILES string of the molecule is CCCC(Oc1ccc(CCN)cc1C(F)(F)F)C(=O)O. The molecular formula is C14H18F3NO3. The van der Waals surface area contributed by atoms with Gasteiger partial charge in [-0.2, -0.15) is 13.2 Å². The Morgan fingerprint density at radius 2 is 2.10 bits per heavy atom. The molecule has 0 heterocycles. The summed E-state index contributed by atoms with van der Waals surface area (Å²) in [7, 11) is 0. The highest BCUT2D eigenvalue weighted by atomic mass is 19.4. The van der Waals surface area contributed by atoms with E-state index in [1.165, 1.54) is 6.07 Å². The first kappa shape index (κ1) is 17.3. The van der Waals surface area contributed by atoms with Gasteiger partial charge < -0.3 is 15.6 Å². The number of carbonyl (C=O) groups is 1. The lowest BCUT2D eigenvalue weighted by molar-refractivity contribution is -0.148. The van der Waals surface area contributed by atoms with E-state index in [0.29, 0.717) is 18.4 Å². The molecule has 0 aliphatic rings. The van der Waals surface area contributed by atoms with Crippen LogP contribution in [-0.2, 0) is 17.4 Å². The summed E-state index contributed by atoms with van der Waals surface area (Å²) in [5.74, 6) is -1.75. The predicted octanol–water partition coefficient (Wildman–Crippen LogP) is 2.84. The fourth-order valence-electron chi connectivity index (χ4n) is 1.87. The summed E-state index contributed by atoms with van der Waals surface area (Å²) in [6.07, 6.45) is -4.98. The molecule has 0 spiro atoms. The third-order valence-corrected chi connectivity index (χ3v) is 2.88. The van der Waals surface area contributed by atoms with E-state index in [9.17, 15) is 18.0 Å². The molecule has 0 fully saturated rings. The summed E-state index contributed by atoms with van der Waals surface area (Å²) in [5, 5.41) is 8.98. The molecule has 21 heavy (non-hydrogen) atoms. The summed E-state index contributed by atoms with van der Waals surface area (Å²) < 4.78 is 44.2. The maximum absolute atomic E-state index is 13.0. The zero-order chi connectivity index (χ0) is 16.0. The molecule has 0 aliphatic heterocycles. The van der Waals surface area contributed by atoms with E-state index in [-0.39, 0.29) is 13.0 Å². The van der Waals surface area contributed by atoms with Crippen molar-refractivity contribution in [2.45, 2.75) is 38.5 Å². The minimum absolute atomic E-state index is 0.136. The van der Waals surface area contributed by atoms with Gasteiger partial charge in [0.25, 0.3) is 0 Å². The number of carboxylic acids is 1. The lowest BCUT2D eigenvalue weighted by atomic mass is 10.1. The minimum atomic E-state index is -4.62. The van der Waals surface area contributed by atoms with Gasteiger partial charge in [0.1, 0.15) is 5.75 Å². The van der Waals surface area contributed by atoms with Crippen molar-refractivity contribution in [3.8, 4) is 5.75 Å². The van der Waals surface area contributed by atoms with E-state index in [4.69, 9.17) is 15.6 Å². The van der Waals surface area contributed by atoms with E-state index >= 15 is 0 Å². The monoisotopic (exact) mass is 305 g/mol. The zero-order valence-corrected chi connectivity index (χ0v) is 11.6. The van der Waals surface area contributed by atoms with Crippen LogP contribution in [0.1, 0.15) is 30.9 Å². The molecule has 3 N–H and O–H groups in total. The van der Waals surface area contributed by atoms with Gasteiger partial charge in [-0.25, -0.2) is 4.79 Å². The Labute approximate surface area is 120 Å². The smallest absolute Gasteiger partial charge is 0.419 e. The number of hydrogen-bond acceptors (Lipinski definition) is 3. The molecule has 7 heteroatoms. The minimum Gasteiger partial charge on any atom is -0.479 e. The van der Waals surface area contributed by atoms with Crippen molar-refractivity contribution in [2.75, 3.05) is 6.54 Å². The number of aliphatic carboxylic acids is 1. The van der Waals surface area contributed by atoms with Crippen LogP contribution in [0.3, 0.4) is 0 Å². The summed E-state index contributed by atoms with van der Waals surface area (Å²) >= 11 is 0. The summed E-state index contributed by atoms with van der Waals surface area (Å²) in [5.41, 5.74) is 4.78. The number of rotatable bonds is 7. The third-order valence-electron chi connectivity index (χ3n) is 2.88. The lowest BCUT2D eigenvalue weighted by Gasteiger charge is -2.19. The molecule has 0 aliphatic carbocycles. The van der Waals surface area contributed by atoms with Gasteiger partial charge >= 0.3 is 12.1 Å². The Balaban J connectivity index is 3.13. The second-order valence-corrected chi connectivity index (χ2v) is 4.60. The second-order valence-electron chi connectivity index (χ2n) is 4.60. The number of benzene rings is 1. The van der Waals surface area contributed by atoms with Crippen LogP contribution < -0.4 is 10.5 Å². The predicted molar refractivity (Wildman–Crippen MR) is 71.2 cm³/mol. The van der Waals surface area contributed by atoms with Gasteiger partial charge in [0.15, 0.2) is 6.10 Å². The van der Waals surface area contributed by atoms with Crippen molar-refractivity contribution in [2.24, 2.45) is 5.73 Å². The van der Waals surface area contributed by atoms with Gasteiger partial charge in [-0.1, -0.05) is 19.4 Å². The molecule has 118 valence electrons. The Hall–Kier alpha value is -1.76. The van der Waals surface area contributed by atoms with Gasteiger partial charge in [-0.3, -0.25) is 0 Å². The third kappa shape index (κ3) is 4.93. The van der Waals surface area contributed by atoms with E-state index < -0.39 is 29.6 Å². The zero-order valence-electron chi connectivity index (χ0n) is 11.6. The fraction of sp³-hybridized carbons (Fsp3) is 0.500. The number of halogens is 3. The maximum Gasteiger partial charge on any atom is 0.419 e. The molecule has 0 radical (unpaired) electrons. The number of hydrogen-bond donors (Lipinski definition) is 2. The standard InChI is InChI=1S/C14H18F3NO3/c1-2-3-12(13(19)20)21-11-5-4-9(6-7-18)8-10(11)14(15,16)17/h4-5,8,12H,2-3,6-7,18H2,1H3,(H,19,20). The Kier molecular flexibility index (Phi) is 6.02. The molecule has 1 aromatic carbocycles. The van der Waals surface area contributed by atoms with Gasteiger partial charge in [-0.15, -0.1) is 0 Å². The number of ether oxygens (including phenoxy) is 1. The first-order chi connectivity index (χ1) is 9.79. The molecule has 0 bridgehead atoms. The molecule has 0 saturated carbocycles. The van der Waals surface area contributed by atoms with Crippen LogP contribution in [0, 0.1) is 0 Å². The quantitative estimate of drug-likeness (QED) is 0.812. The molecule has 1 aromatic rings. The highest BCUT2D eigenvalue weighted by Crippen LogP contribution is 2.37. The number of alkyl halides is 3. The van der Waals surface area contributed by atoms with Crippen LogP contribution in [0.25, 0.3) is 0 Å². The van der Waals surface area contributed by atoms with Crippen LogP contribution in [0.2, 0.25) is 0 Å². The fourth-order valence-corrected chi connectivity index (χ4v) is 1.87. The van der Waals surface area contributed by atoms with Crippen molar-refractivity contribution in [3.05, 3.63) is 29.3 Å². The Morgan fingerprint density at radius 3 is 2.57 bits per heavy atom. The largest absolute Gasteiger partial charge is 0.479 e.